The van der Waals surface area contributed by atoms with Crippen LogP contribution in [0.15, 0.2) is 42.5 Å². The average Bonchev–Trinajstić information content (AvgIpc) is 3.18. The smallest absolute Gasteiger partial charge is 0.308 e. The summed E-state index contributed by atoms with van der Waals surface area (Å²) in [5.41, 5.74) is 2.14. The van der Waals surface area contributed by atoms with Crippen molar-refractivity contribution in [1.82, 2.24) is 9.88 Å². The van der Waals surface area contributed by atoms with Gasteiger partial charge in [-0.3, -0.25) is 9.59 Å². The van der Waals surface area contributed by atoms with Crippen LogP contribution in [0.1, 0.15) is 23.2 Å². The van der Waals surface area contributed by atoms with Crippen LogP contribution in [0.3, 0.4) is 0 Å². The number of hydrogen-bond acceptors (Lipinski definition) is 5. The van der Waals surface area contributed by atoms with E-state index in [-0.39, 0.29) is 17.8 Å². The van der Waals surface area contributed by atoms with E-state index in [0.717, 1.165) is 21.5 Å². The first-order valence-corrected chi connectivity index (χ1v) is 10.3. The zero-order valence-corrected chi connectivity index (χ0v) is 16.9. The van der Waals surface area contributed by atoms with Gasteiger partial charge in [0.2, 0.25) is 0 Å². The minimum absolute atomic E-state index is 0.0363. The Morgan fingerprint density at radius 2 is 1.93 bits per heavy atom. The Kier molecular flexibility index (Phi) is 5.33. The molecule has 1 fully saturated rings. The average molecular weight is 415 g/mol. The lowest BCUT2D eigenvalue weighted by atomic mass is 9.96. The summed E-state index contributed by atoms with van der Waals surface area (Å²) in [5.74, 6) is -0.365. The first kappa shape index (κ1) is 18.9. The Morgan fingerprint density at radius 1 is 1.18 bits per heavy atom. The Balaban J connectivity index is 1.67. The standard InChI is InChI=1S/C21H19ClN2O3S/c1-27-21(26)13-8-10-24(11-9-13)20(25)15-12-17(18-6-7-19(22)28-18)23-16-5-3-2-4-14(15)16/h2-7,12-13H,8-11H2,1H3. The Hall–Kier alpha value is -2.44. The fraction of sp³-hybridized carbons (Fsp3) is 0.286. The van der Waals surface area contributed by atoms with Crippen LogP contribution >= 0.6 is 22.9 Å². The summed E-state index contributed by atoms with van der Waals surface area (Å²) in [6, 6.07) is 13.2. The maximum absolute atomic E-state index is 13.3. The molecular formula is C21H19ClN2O3S. The lowest BCUT2D eigenvalue weighted by Crippen LogP contribution is -2.40. The van der Waals surface area contributed by atoms with Crippen LogP contribution in [-0.4, -0.2) is 42.0 Å². The molecule has 144 valence electrons. The first-order chi connectivity index (χ1) is 13.6. The number of nitrogens with zero attached hydrogens (tertiary/aromatic N) is 2. The molecule has 0 radical (unpaired) electrons. The topological polar surface area (TPSA) is 59.5 Å². The van der Waals surface area contributed by atoms with Gasteiger partial charge < -0.3 is 9.64 Å². The van der Waals surface area contributed by atoms with Crippen molar-refractivity contribution in [2.75, 3.05) is 20.2 Å². The Morgan fingerprint density at radius 3 is 2.61 bits per heavy atom. The van der Waals surface area contributed by atoms with Crippen molar-refractivity contribution in [3.63, 3.8) is 0 Å². The molecule has 3 aromatic rings. The van der Waals surface area contributed by atoms with Gasteiger partial charge in [-0.25, -0.2) is 4.98 Å². The molecule has 4 rings (SSSR count). The number of benzene rings is 1. The van der Waals surface area contributed by atoms with Crippen LogP contribution in [0, 0.1) is 5.92 Å². The lowest BCUT2D eigenvalue weighted by Gasteiger charge is -2.31. The van der Waals surface area contributed by atoms with Gasteiger partial charge in [-0.15, -0.1) is 11.3 Å². The van der Waals surface area contributed by atoms with E-state index in [4.69, 9.17) is 21.3 Å². The molecule has 5 nitrogen and oxygen atoms in total. The molecule has 0 atom stereocenters. The van der Waals surface area contributed by atoms with Crippen molar-refractivity contribution in [3.8, 4) is 10.6 Å². The third kappa shape index (κ3) is 3.62. The molecule has 0 aliphatic carbocycles. The highest BCUT2D eigenvalue weighted by Gasteiger charge is 2.29. The molecule has 0 unspecified atom stereocenters. The van der Waals surface area contributed by atoms with Crippen LogP contribution in [-0.2, 0) is 9.53 Å². The van der Waals surface area contributed by atoms with Gasteiger partial charge >= 0.3 is 5.97 Å². The largest absolute Gasteiger partial charge is 0.469 e. The number of rotatable bonds is 3. The second kappa shape index (κ2) is 7.89. The minimum Gasteiger partial charge on any atom is -0.469 e. The molecule has 28 heavy (non-hydrogen) atoms. The highest BCUT2D eigenvalue weighted by molar-refractivity contribution is 7.19. The molecule has 1 amide bonds. The number of amides is 1. The Bertz CT molecular complexity index is 1040. The van der Waals surface area contributed by atoms with Gasteiger partial charge in [-0.05, 0) is 37.1 Å². The highest BCUT2D eigenvalue weighted by Crippen LogP contribution is 2.33. The number of piperidine rings is 1. The fourth-order valence-corrected chi connectivity index (χ4v) is 4.59. The van der Waals surface area contributed by atoms with Gasteiger partial charge in [-0.2, -0.15) is 0 Å². The van der Waals surface area contributed by atoms with Crippen LogP contribution in [0.2, 0.25) is 4.34 Å². The van der Waals surface area contributed by atoms with Crippen molar-refractivity contribution in [1.29, 1.82) is 0 Å². The minimum atomic E-state index is -0.196. The van der Waals surface area contributed by atoms with E-state index in [1.54, 1.807) is 0 Å². The highest BCUT2D eigenvalue weighted by atomic mass is 35.5. The molecule has 1 aliphatic heterocycles. The quantitative estimate of drug-likeness (QED) is 0.586. The van der Waals surface area contributed by atoms with Crippen LogP contribution in [0.25, 0.3) is 21.5 Å². The molecule has 3 heterocycles. The van der Waals surface area contributed by atoms with Gasteiger partial charge in [0.1, 0.15) is 0 Å². The van der Waals surface area contributed by atoms with E-state index in [2.05, 4.69) is 0 Å². The van der Waals surface area contributed by atoms with Gasteiger partial charge in [0.25, 0.3) is 5.91 Å². The number of carbonyl (C=O) groups is 2. The molecule has 0 N–H and O–H groups in total. The summed E-state index contributed by atoms with van der Waals surface area (Å²) in [5, 5.41) is 0.828. The molecule has 1 saturated heterocycles. The molecule has 1 aromatic carbocycles. The zero-order valence-electron chi connectivity index (χ0n) is 15.4. The number of halogens is 1. The number of para-hydroxylation sites is 1. The van der Waals surface area contributed by atoms with Crippen LogP contribution in [0.5, 0.6) is 0 Å². The number of aromatic nitrogens is 1. The van der Waals surface area contributed by atoms with Gasteiger partial charge in [-0.1, -0.05) is 29.8 Å². The van der Waals surface area contributed by atoms with E-state index in [1.807, 2.05) is 47.4 Å². The number of thiophene rings is 1. The summed E-state index contributed by atoms with van der Waals surface area (Å²) in [4.78, 5) is 32.5. The van der Waals surface area contributed by atoms with Crippen molar-refractivity contribution in [3.05, 3.63) is 52.4 Å². The van der Waals surface area contributed by atoms with Gasteiger partial charge in [0, 0.05) is 18.5 Å². The van der Waals surface area contributed by atoms with Crippen LogP contribution in [0.4, 0.5) is 0 Å². The number of hydrogen-bond donors (Lipinski definition) is 0. The molecule has 0 bridgehead atoms. The summed E-state index contributed by atoms with van der Waals surface area (Å²) in [6.45, 7) is 1.07. The van der Waals surface area contributed by atoms with Gasteiger partial charge in [0.15, 0.2) is 0 Å². The predicted molar refractivity (Wildman–Crippen MR) is 111 cm³/mol. The number of likely N-dealkylation sites (tertiary alicyclic amines) is 1. The monoisotopic (exact) mass is 414 g/mol. The van der Waals surface area contributed by atoms with E-state index in [0.29, 0.717) is 35.8 Å². The molecule has 1 aliphatic rings. The maximum Gasteiger partial charge on any atom is 0.308 e. The van der Waals surface area contributed by atoms with E-state index >= 15 is 0 Å². The summed E-state index contributed by atoms with van der Waals surface area (Å²) in [6.07, 6.45) is 1.24. The number of fused-ring (bicyclic) bond motifs is 1. The van der Waals surface area contributed by atoms with Crippen molar-refractivity contribution < 1.29 is 14.3 Å². The third-order valence-corrected chi connectivity index (χ3v) is 6.34. The molecule has 2 aromatic heterocycles. The molecular weight excluding hydrogens is 396 g/mol. The summed E-state index contributed by atoms with van der Waals surface area (Å²) >= 11 is 7.52. The zero-order chi connectivity index (χ0) is 19.7. The van der Waals surface area contributed by atoms with E-state index < -0.39 is 0 Å². The SMILES string of the molecule is COC(=O)C1CCN(C(=O)c2cc(-c3ccc(Cl)s3)nc3ccccc23)CC1. The van der Waals surface area contributed by atoms with Crippen LogP contribution < -0.4 is 0 Å². The molecule has 0 spiro atoms. The maximum atomic E-state index is 13.3. The number of esters is 1. The lowest BCUT2D eigenvalue weighted by molar-refractivity contribution is -0.146. The van der Waals surface area contributed by atoms with E-state index in [9.17, 15) is 9.59 Å². The predicted octanol–water partition coefficient (Wildman–Crippen LogP) is 4.64. The first-order valence-electron chi connectivity index (χ1n) is 9.09. The molecule has 0 saturated carbocycles. The van der Waals surface area contributed by atoms with Crippen molar-refractivity contribution in [2.45, 2.75) is 12.8 Å². The number of pyridine rings is 1. The second-order valence-corrected chi connectivity index (χ2v) is 8.48. The molecule has 7 heteroatoms. The number of carbonyl (C=O) groups excluding carboxylic acids is 2. The normalized spacial score (nSPS) is 15.0. The third-order valence-electron chi connectivity index (χ3n) is 5.09. The Labute approximate surface area is 171 Å². The summed E-state index contributed by atoms with van der Waals surface area (Å²) < 4.78 is 5.52. The second-order valence-electron chi connectivity index (χ2n) is 6.77. The van der Waals surface area contributed by atoms with Crippen molar-refractivity contribution in [2.24, 2.45) is 5.92 Å². The van der Waals surface area contributed by atoms with Crippen molar-refractivity contribution >= 4 is 45.7 Å². The van der Waals surface area contributed by atoms with E-state index in [1.165, 1.54) is 18.4 Å². The number of ether oxygens (including phenoxy) is 1. The summed E-state index contributed by atoms with van der Waals surface area (Å²) in [7, 11) is 1.40. The fourth-order valence-electron chi connectivity index (χ4n) is 3.59. The van der Waals surface area contributed by atoms with Gasteiger partial charge in [0.05, 0.1) is 39.0 Å². The number of methoxy groups -OCH3 is 1.